The number of nitrogens with zero attached hydrogens (tertiary/aromatic N) is 3. The molecule has 0 aromatic rings. The van der Waals surface area contributed by atoms with Crippen molar-refractivity contribution in [3.05, 3.63) is 0 Å². The van der Waals surface area contributed by atoms with Crippen LogP contribution >= 0.6 is 0 Å². The van der Waals surface area contributed by atoms with Crippen molar-refractivity contribution in [3.63, 3.8) is 0 Å². The van der Waals surface area contributed by atoms with Gasteiger partial charge in [-0.2, -0.15) is 0 Å². The minimum atomic E-state index is 0.507. The van der Waals surface area contributed by atoms with Crippen LogP contribution < -0.4 is 10.6 Å². The average Bonchev–Trinajstić information content (AvgIpc) is 2.98. The van der Waals surface area contributed by atoms with Crippen LogP contribution in [0.2, 0.25) is 0 Å². The number of unbranched alkanes of at least 4 members (excludes halogenated alkanes) is 2. The molecule has 2 unspecified atom stereocenters. The first-order valence-corrected chi connectivity index (χ1v) is 10.5. The highest BCUT2D eigenvalue weighted by Gasteiger charge is 2.31. The maximum Gasteiger partial charge on any atom is 0.191 e. The molecule has 0 radical (unpaired) electrons. The molecule has 2 N–H and O–H groups in total. The molecule has 0 aromatic carbocycles. The Balaban J connectivity index is 1.56. The topological polar surface area (TPSA) is 42.9 Å². The largest absolute Gasteiger partial charge is 0.356 e. The number of hydrogen-bond donors (Lipinski definition) is 2. The number of aliphatic imine (C=N–C) groups is 1. The Bertz CT molecular complexity index is 390. The van der Waals surface area contributed by atoms with Gasteiger partial charge in [0, 0.05) is 38.8 Å². The molecule has 2 atom stereocenters. The van der Waals surface area contributed by atoms with E-state index in [9.17, 15) is 0 Å². The molecule has 0 aromatic heterocycles. The van der Waals surface area contributed by atoms with Crippen molar-refractivity contribution in [3.8, 4) is 0 Å². The van der Waals surface area contributed by atoms with Crippen LogP contribution in [0.1, 0.15) is 59.3 Å². The van der Waals surface area contributed by atoms with Crippen LogP contribution in [0.3, 0.4) is 0 Å². The number of likely N-dealkylation sites (tertiary alicyclic amines) is 2. The predicted octanol–water partition coefficient (Wildman–Crippen LogP) is 2.54. The molecular formula is C20H41N5. The van der Waals surface area contributed by atoms with Gasteiger partial charge in [0.15, 0.2) is 5.96 Å². The van der Waals surface area contributed by atoms with Crippen LogP contribution in [0.15, 0.2) is 4.99 Å². The highest BCUT2D eigenvalue weighted by Crippen LogP contribution is 2.18. The van der Waals surface area contributed by atoms with Crippen molar-refractivity contribution in [1.29, 1.82) is 0 Å². The standard InChI is InChI=1S/C20H41N5/c1-17(2)25-15-18(3)19(16-25)23-20(21-4)22-11-7-5-8-12-24-13-9-6-10-14-24/h17-19H,5-16H2,1-4H3,(H2,21,22,23). The number of piperidine rings is 1. The molecular weight excluding hydrogens is 310 g/mol. The van der Waals surface area contributed by atoms with Gasteiger partial charge in [-0.05, 0) is 65.1 Å². The second-order valence-corrected chi connectivity index (χ2v) is 8.24. The van der Waals surface area contributed by atoms with Gasteiger partial charge in [0.2, 0.25) is 0 Å². The normalized spacial score (nSPS) is 26.4. The highest BCUT2D eigenvalue weighted by atomic mass is 15.3. The second kappa shape index (κ2) is 11.0. The van der Waals surface area contributed by atoms with E-state index in [4.69, 9.17) is 0 Å². The fourth-order valence-electron chi connectivity index (χ4n) is 4.01. The molecule has 2 fully saturated rings. The van der Waals surface area contributed by atoms with E-state index in [0.29, 0.717) is 18.0 Å². The lowest BCUT2D eigenvalue weighted by Gasteiger charge is -2.26. The lowest BCUT2D eigenvalue weighted by molar-refractivity contribution is 0.224. The smallest absolute Gasteiger partial charge is 0.191 e. The van der Waals surface area contributed by atoms with Crippen molar-refractivity contribution < 1.29 is 0 Å². The molecule has 2 heterocycles. The molecule has 2 rings (SSSR count). The Hall–Kier alpha value is -0.810. The van der Waals surface area contributed by atoms with Gasteiger partial charge in [-0.1, -0.05) is 19.8 Å². The van der Waals surface area contributed by atoms with Crippen LogP contribution in [0, 0.1) is 5.92 Å². The van der Waals surface area contributed by atoms with E-state index in [1.807, 2.05) is 7.05 Å². The van der Waals surface area contributed by atoms with Crippen molar-refractivity contribution in [2.45, 2.75) is 71.4 Å². The van der Waals surface area contributed by atoms with Gasteiger partial charge >= 0.3 is 0 Å². The Morgan fingerprint density at radius 3 is 2.48 bits per heavy atom. The van der Waals surface area contributed by atoms with Crippen LogP contribution in [-0.2, 0) is 0 Å². The molecule has 5 heteroatoms. The summed E-state index contributed by atoms with van der Waals surface area (Å²) < 4.78 is 0. The summed E-state index contributed by atoms with van der Waals surface area (Å²) in [6, 6.07) is 1.14. The Morgan fingerprint density at radius 1 is 1.08 bits per heavy atom. The lowest BCUT2D eigenvalue weighted by atomic mass is 10.1. The average molecular weight is 352 g/mol. The molecule has 2 saturated heterocycles. The third-order valence-electron chi connectivity index (χ3n) is 5.81. The zero-order chi connectivity index (χ0) is 18.1. The van der Waals surface area contributed by atoms with Gasteiger partial charge < -0.3 is 15.5 Å². The first kappa shape index (κ1) is 20.5. The summed E-state index contributed by atoms with van der Waals surface area (Å²) in [4.78, 5) is 9.60. The third-order valence-corrected chi connectivity index (χ3v) is 5.81. The van der Waals surface area contributed by atoms with E-state index < -0.39 is 0 Å². The van der Waals surface area contributed by atoms with E-state index in [0.717, 1.165) is 19.0 Å². The molecule has 0 aliphatic carbocycles. The maximum absolute atomic E-state index is 4.41. The molecule has 146 valence electrons. The quantitative estimate of drug-likeness (QED) is 0.401. The molecule has 0 saturated carbocycles. The first-order valence-electron chi connectivity index (χ1n) is 10.5. The third kappa shape index (κ3) is 7.14. The number of rotatable bonds is 8. The fraction of sp³-hybridized carbons (Fsp3) is 0.950. The molecule has 0 bridgehead atoms. The monoisotopic (exact) mass is 351 g/mol. The van der Waals surface area contributed by atoms with Crippen molar-refractivity contribution in [1.82, 2.24) is 20.4 Å². The fourth-order valence-corrected chi connectivity index (χ4v) is 4.01. The van der Waals surface area contributed by atoms with Gasteiger partial charge in [-0.3, -0.25) is 9.89 Å². The van der Waals surface area contributed by atoms with E-state index in [1.54, 1.807) is 0 Å². The van der Waals surface area contributed by atoms with Crippen LogP contribution in [-0.4, -0.2) is 74.2 Å². The number of guanidine groups is 1. The van der Waals surface area contributed by atoms with Gasteiger partial charge in [-0.15, -0.1) is 0 Å². The summed E-state index contributed by atoms with van der Waals surface area (Å²) in [6.45, 7) is 14.2. The zero-order valence-electron chi connectivity index (χ0n) is 17.1. The molecule has 0 amide bonds. The van der Waals surface area contributed by atoms with E-state index >= 15 is 0 Å². The van der Waals surface area contributed by atoms with Gasteiger partial charge in [0.05, 0.1) is 0 Å². The van der Waals surface area contributed by atoms with Gasteiger partial charge in [-0.25, -0.2) is 0 Å². The van der Waals surface area contributed by atoms with Gasteiger partial charge in [0.25, 0.3) is 0 Å². The van der Waals surface area contributed by atoms with Crippen LogP contribution in [0.5, 0.6) is 0 Å². The zero-order valence-corrected chi connectivity index (χ0v) is 17.1. The lowest BCUT2D eigenvalue weighted by Crippen LogP contribution is -2.47. The maximum atomic E-state index is 4.41. The highest BCUT2D eigenvalue weighted by molar-refractivity contribution is 5.80. The van der Waals surface area contributed by atoms with Crippen LogP contribution in [0.25, 0.3) is 0 Å². The summed E-state index contributed by atoms with van der Waals surface area (Å²) in [6.07, 6.45) is 8.10. The number of hydrogen-bond acceptors (Lipinski definition) is 3. The molecule has 2 aliphatic heterocycles. The Labute approximate surface area is 155 Å². The minimum Gasteiger partial charge on any atom is -0.356 e. The van der Waals surface area contributed by atoms with E-state index in [-0.39, 0.29) is 0 Å². The SMILES string of the molecule is CN=C(NCCCCCN1CCCCC1)NC1CN(C(C)C)CC1C. The van der Waals surface area contributed by atoms with Crippen LogP contribution in [0.4, 0.5) is 0 Å². The van der Waals surface area contributed by atoms with Crippen molar-refractivity contribution in [2.75, 3.05) is 46.3 Å². The predicted molar refractivity (Wildman–Crippen MR) is 108 cm³/mol. The summed E-state index contributed by atoms with van der Waals surface area (Å²) in [5.74, 6) is 1.64. The summed E-state index contributed by atoms with van der Waals surface area (Å²) in [5, 5.41) is 7.14. The van der Waals surface area contributed by atoms with E-state index in [2.05, 4.69) is 46.2 Å². The summed E-state index contributed by atoms with van der Waals surface area (Å²) in [5.41, 5.74) is 0. The van der Waals surface area contributed by atoms with E-state index in [1.165, 1.54) is 64.7 Å². The summed E-state index contributed by atoms with van der Waals surface area (Å²) in [7, 11) is 1.88. The van der Waals surface area contributed by atoms with Gasteiger partial charge in [0.1, 0.15) is 0 Å². The minimum absolute atomic E-state index is 0.507. The molecule has 2 aliphatic rings. The molecule has 0 spiro atoms. The van der Waals surface area contributed by atoms with Crippen molar-refractivity contribution >= 4 is 5.96 Å². The number of nitrogens with one attached hydrogen (secondary N) is 2. The van der Waals surface area contributed by atoms with Crippen molar-refractivity contribution in [2.24, 2.45) is 10.9 Å². The Morgan fingerprint density at radius 2 is 1.84 bits per heavy atom. The second-order valence-electron chi connectivity index (χ2n) is 8.24. The first-order chi connectivity index (χ1) is 12.1. The Kier molecular flexibility index (Phi) is 9.04. The molecule has 5 nitrogen and oxygen atoms in total. The molecule has 25 heavy (non-hydrogen) atoms. The summed E-state index contributed by atoms with van der Waals surface area (Å²) >= 11 is 0.